The summed E-state index contributed by atoms with van der Waals surface area (Å²) in [5.41, 5.74) is 1.06. The molecule has 0 saturated carbocycles. The molecule has 1 unspecified atom stereocenters. The van der Waals surface area contributed by atoms with Crippen LogP contribution in [0.1, 0.15) is 26.3 Å². The summed E-state index contributed by atoms with van der Waals surface area (Å²) in [6, 6.07) is 4.84. The fourth-order valence-electron chi connectivity index (χ4n) is 1.67. The van der Waals surface area contributed by atoms with Crippen LogP contribution >= 0.6 is 0 Å². The Bertz CT molecular complexity index is 371. The lowest BCUT2D eigenvalue weighted by Crippen LogP contribution is -2.42. The molecule has 1 aromatic rings. The van der Waals surface area contributed by atoms with Gasteiger partial charge < -0.3 is 10.1 Å². The van der Waals surface area contributed by atoms with E-state index >= 15 is 0 Å². The third-order valence-corrected chi connectivity index (χ3v) is 2.95. The summed E-state index contributed by atoms with van der Waals surface area (Å²) < 4.78 is 18.8. The van der Waals surface area contributed by atoms with Crippen molar-refractivity contribution in [2.75, 3.05) is 13.7 Å². The molecule has 3 heteroatoms. The predicted octanol–water partition coefficient (Wildman–Crippen LogP) is 3.15. The normalized spacial score (nSPS) is 13.5. The zero-order chi connectivity index (χ0) is 13.1. The maximum absolute atomic E-state index is 13.1. The molecule has 1 N–H and O–H groups in total. The van der Waals surface area contributed by atoms with E-state index in [1.807, 2.05) is 14.0 Å². The van der Waals surface area contributed by atoms with Gasteiger partial charge in [-0.1, -0.05) is 26.8 Å². The molecule has 1 aromatic carbocycles. The summed E-state index contributed by atoms with van der Waals surface area (Å²) in [4.78, 5) is 0. The van der Waals surface area contributed by atoms with E-state index in [0.29, 0.717) is 12.4 Å². The molecule has 0 heterocycles. The highest BCUT2D eigenvalue weighted by atomic mass is 19.1. The van der Waals surface area contributed by atoms with Crippen LogP contribution in [-0.2, 0) is 0 Å². The quantitative estimate of drug-likeness (QED) is 0.871. The van der Waals surface area contributed by atoms with Gasteiger partial charge in [-0.2, -0.15) is 0 Å². The van der Waals surface area contributed by atoms with E-state index in [9.17, 15) is 4.39 Å². The van der Waals surface area contributed by atoms with Gasteiger partial charge >= 0.3 is 0 Å². The molecule has 0 aliphatic rings. The van der Waals surface area contributed by atoms with Crippen molar-refractivity contribution in [3.05, 3.63) is 29.6 Å². The molecule has 0 aliphatic carbocycles. The number of hydrogen-bond acceptors (Lipinski definition) is 2. The zero-order valence-corrected chi connectivity index (χ0v) is 11.3. The monoisotopic (exact) mass is 239 g/mol. The van der Waals surface area contributed by atoms with Gasteiger partial charge in [0.25, 0.3) is 0 Å². The number of likely N-dealkylation sites (N-methyl/N-ethyl adjacent to an activating group) is 1. The third-order valence-electron chi connectivity index (χ3n) is 2.95. The first-order chi connectivity index (χ1) is 7.84. The third kappa shape index (κ3) is 4.00. The van der Waals surface area contributed by atoms with Crippen molar-refractivity contribution in [2.45, 2.75) is 33.7 Å². The number of hydrogen-bond donors (Lipinski definition) is 1. The fraction of sp³-hybridized carbons (Fsp3) is 0.571. The minimum absolute atomic E-state index is 0.107. The number of aryl methyl sites for hydroxylation is 1. The van der Waals surface area contributed by atoms with Crippen LogP contribution in [0.4, 0.5) is 4.39 Å². The van der Waals surface area contributed by atoms with Crippen molar-refractivity contribution in [3.8, 4) is 5.75 Å². The van der Waals surface area contributed by atoms with Crippen molar-refractivity contribution >= 4 is 0 Å². The summed E-state index contributed by atoms with van der Waals surface area (Å²) in [5.74, 6) is 0.358. The van der Waals surface area contributed by atoms with Gasteiger partial charge in [0.2, 0.25) is 0 Å². The second kappa shape index (κ2) is 5.50. The van der Waals surface area contributed by atoms with E-state index in [4.69, 9.17) is 4.74 Å². The molecule has 17 heavy (non-hydrogen) atoms. The van der Waals surface area contributed by atoms with Gasteiger partial charge in [-0.25, -0.2) is 4.39 Å². The number of rotatable bonds is 4. The van der Waals surface area contributed by atoms with E-state index in [-0.39, 0.29) is 17.3 Å². The standard InChI is InChI=1S/C14H22FNO/c1-10-6-7-11(15)8-12(10)17-9-13(16-5)14(2,3)4/h6-8,13,16H,9H2,1-5H3. The Morgan fingerprint density at radius 3 is 2.53 bits per heavy atom. The Kier molecular flexibility index (Phi) is 4.52. The molecule has 96 valence electrons. The molecule has 0 spiro atoms. The molecule has 0 bridgehead atoms. The second-order valence-corrected chi connectivity index (χ2v) is 5.43. The first-order valence-corrected chi connectivity index (χ1v) is 5.91. The number of ether oxygens (including phenoxy) is 1. The summed E-state index contributed by atoms with van der Waals surface area (Å²) in [6.07, 6.45) is 0. The maximum atomic E-state index is 13.1. The first kappa shape index (κ1) is 14.0. The molecular formula is C14H22FNO. The lowest BCUT2D eigenvalue weighted by molar-refractivity contribution is 0.180. The van der Waals surface area contributed by atoms with Gasteiger partial charge in [0.05, 0.1) is 0 Å². The van der Waals surface area contributed by atoms with Crippen LogP contribution in [0.15, 0.2) is 18.2 Å². The van der Waals surface area contributed by atoms with Gasteiger partial charge in [0, 0.05) is 12.1 Å². The minimum atomic E-state index is -0.262. The van der Waals surface area contributed by atoms with Crippen molar-refractivity contribution in [1.82, 2.24) is 5.32 Å². The van der Waals surface area contributed by atoms with Crippen LogP contribution in [0.2, 0.25) is 0 Å². The highest BCUT2D eigenvalue weighted by molar-refractivity contribution is 5.32. The molecule has 0 aromatic heterocycles. The highest BCUT2D eigenvalue weighted by Crippen LogP contribution is 2.23. The Hall–Kier alpha value is -1.09. The first-order valence-electron chi connectivity index (χ1n) is 5.91. The maximum Gasteiger partial charge on any atom is 0.126 e. The molecule has 1 atom stereocenters. The van der Waals surface area contributed by atoms with Crippen LogP contribution in [0.5, 0.6) is 5.75 Å². The summed E-state index contributed by atoms with van der Waals surface area (Å²) in [5, 5.41) is 3.23. The van der Waals surface area contributed by atoms with Crippen LogP contribution in [0, 0.1) is 18.2 Å². The van der Waals surface area contributed by atoms with Crippen molar-refractivity contribution in [1.29, 1.82) is 0 Å². The van der Waals surface area contributed by atoms with Crippen LogP contribution in [0.3, 0.4) is 0 Å². The number of nitrogens with one attached hydrogen (secondary N) is 1. The van der Waals surface area contributed by atoms with Crippen LogP contribution in [0.25, 0.3) is 0 Å². The van der Waals surface area contributed by atoms with E-state index in [1.165, 1.54) is 12.1 Å². The summed E-state index contributed by atoms with van der Waals surface area (Å²) in [7, 11) is 1.91. The van der Waals surface area contributed by atoms with Gasteiger partial charge in [-0.3, -0.25) is 0 Å². The Morgan fingerprint density at radius 1 is 1.35 bits per heavy atom. The van der Waals surface area contributed by atoms with E-state index in [2.05, 4.69) is 26.1 Å². The fourth-order valence-corrected chi connectivity index (χ4v) is 1.67. The smallest absolute Gasteiger partial charge is 0.126 e. The molecule has 2 nitrogen and oxygen atoms in total. The molecule has 0 fully saturated rings. The zero-order valence-electron chi connectivity index (χ0n) is 11.3. The summed E-state index contributed by atoms with van der Waals surface area (Å²) in [6.45, 7) is 8.90. The van der Waals surface area contributed by atoms with Crippen LogP contribution < -0.4 is 10.1 Å². The van der Waals surface area contributed by atoms with Crippen LogP contribution in [-0.4, -0.2) is 19.7 Å². The van der Waals surface area contributed by atoms with E-state index < -0.39 is 0 Å². The SMILES string of the molecule is CNC(COc1cc(F)ccc1C)C(C)(C)C. The van der Waals surface area contributed by atoms with Gasteiger partial charge in [-0.15, -0.1) is 0 Å². The molecular weight excluding hydrogens is 217 g/mol. The van der Waals surface area contributed by atoms with Gasteiger partial charge in [-0.05, 0) is 31.0 Å². The molecule has 0 amide bonds. The average Bonchev–Trinajstić information content (AvgIpc) is 2.22. The lowest BCUT2D eigenvalue weighted by Gasteiger charge is -2.30. The Balaban J connectivity index is 2.69. The molecule has 0 aliphatic heterocycles. The van der Waals surface area contributed by atoms with E-state index in [0.717, 1.165) is 5.56 Å². The average molecular weight is 239 g/mol. The van der Waals surface area contributed by atoms with Gasteiger partial charge in [0.1, 0.15) is 18.2 Å². The number of benzene rings is 1. The Labute approximate surface area is 103 Å². The molecule has 0 saturated heterocycles. The second-order valence-electron chi connectivity index (χ2n) is 5.43. The number of halogens is 1. The lowest BCUT2D eigenvalue weighted by atomic mass is 9.87. The molecule has 0 radical (unpaired) electrons. The van der Waals surface area contributed by atoms with E-state index in [1.54, 1.807) is 6.07 Å². The largest absolute Gasteiger partial charge is 0.492 e. The Morgan fingerprint density at radius 2 is 2.00 bits per heavy atom. The highest BCUT2D eigenvalue weighted by Gasteiger charge is 2.23. The topological polar surface area (TPSA) is 21.3 Å². The van der Waals surface area contributed by atoms with Crippen molar-refractivity contribution in [3.63, 3.8) is 0 Å². The predicted molar refractivity (Wildman–Crippen MR) is 68.9 cm³/mol. The van der Waals surface area contributed by atoms with Crippen molar-refractivity contribution < 1.29 is 9.13 Å². The van der Waals surface area contributed by atoms with Crippen molar-refractivity contribution in [2.24, 2.45) is 5.41 Å². The minimum Gasteiger partial charge on any atom is -0.492 e. The molecule has 1 rings (SSSR count). The van der Waals surface area contributed by atoms with Gasteiger partial charge in [0.15, 0.2) is 0 Å². The summed E-state index contributed by atoms with van der Waals surface area (Å²) >= 11 is 0.